The predicted molar refractivity (Wildman–Crippen MR) is 179 cm³/mol. The SMILES string of the molecule is C=C(CC)COc1cc(N=CCCC)c(C#N)nc1C.CC.CC.CC(=O)OC(C)(C)C.CCCCCC(C)CC. The topological polar surface area (TPSA) is 84.6 Å². The van der Waals surface area contributed by atoms with Gasteiger partial charge in [-0.1, -0.05) is 107 Å². The van der Waals surface area contributed by atoms with Crippen LogP contribution in [0.4, 0.5) is 5.69 Å². The average Bonchev–Trinajstić information content (AvgIpc) is 2.94. The first-order valence-corrected chi connectivity index (χ1v) is 15.8. The van der Waals surface area contributed by atoms with Crippen molar-refractivity contribution in [2.45, 2.75) is 154 Å². The van der Waals surface area contributed by atoms with Crippen molar-refractivity contribution < 1.29 is 14.3 Å². The molecule has 0 saturated carbocycles. The predicted octanol–water partition coefficient (Wildman–Crippen LogP) is 11.1. The number of carbonyl (C=O) groups is 1. The Hall–Kier alpha value is -2.68. The zero-order valence-corrected chi connectivity index (χ0v) is 29.4. The lowest BCUT2D eigenvalue weighted by Gasteiger charge is -2.17. The summed E-state index contributed by atoms with van der Waals surface area (Å²) in [6.45, 7) is 32.1. The van der Waals surface area contributed by atoms with Crippen LogP contribution >= 0.6 is 0 Å². The third-order valence-electron chi connectivity index (χ3n) is 5.28. The van der Waals surface area contributed by atoms with Crippen LogP contribution in [0.3, 0.4) is 0 Å². The highest BCUT2D eigenvalue weighted by Crippen LogP contribution is 2.26. The van der Waals surface area contributed by atoms with Gasteiger partial charge in [0, 0.05) is 19.2 Å². The maximum Gasteiger partial charge on any atom is 0.303 e. The highest BCUT2D eigenvalue weighted by molar-refractivity contribution is 5.67. The first-order valence-electron chi connectivity index (χ1n) is 15.8. The van der Waals surface area contributed by atoms with E-state index in [-0.39, 0.29) is 11.6 Å². The Morgan fingerprint density at radius 2 is 1.71 bits per heavy atom. The summed E-state index contributed by atoms with van der Waals surface area (Å²) in [5.74, 6) is 1.39. The van der Waals surface area contributed by atoms with Crippen LogP contribution in [0.5, 0.6) is 5.75 Å². The molecule has 1 atom stereocenters. The number of rotatable bonds is 12. The minimum absolute atomic E-state index is 0.225. The standard InChI is InChI=1S/C16H21N3O.C9H20.C6H12O2.2C2H6/c1-5-7-8-18-14-9-16(20-11-12(3)6-2)13(4)19-15(14)10-17;1-4-6-7-8-9(3)5-2;1-5(7)8-6(2,3)4;2*1-2/h8-9H,3,5-7,11H2,1-2,4H3;9H,4-8H2,1-3H3;1-4H3;2*1-2H3. The van der Waals surface area contributed by atoms with Gasteiger partial charge in [-0.25, -0.2) is 4.98 Å². The maximum absolute atomic E-state index is 10.2. The summed E-state index contributed by atoms with van der Waals surface area (Å²) in [6, 6.07) is 3.84. The van der Waals surface area contributed by atoms with Crippen molar-refractivity contribution in [3.63, 3.8) is 0 Å². The van der Waals surface area contributed by atoms with Gasteiger partial charge in [0.15, 0.2) is 5.69 Å². The lowest BCUT2D eigenvalue weighted by atomic mass is 10.0. The van der Waals surface area contributed by atoms with Crippen molar-refractivity contribution in [3.05, 3.63) is 29.6 Å². The molecule has 6 heteroatoms. The van der Waals surface area contributed by atoms with Crippen LogP contribution in [0, 0.1) is 24.2 Å². The van der Waals surface area contributed by atoms with E-state index in [1.807, 2.05) is 68.5 Å². The van der Waals surface area contributed by atoms with Crippen LogP contribution in [0.2, 0.25) is 0 Å². The molecule has 1 aromatic rings. The van der Waals surface area contributed by atoms with Crippen molar-refractivity contribution in [1.29, 1.82) is 5.26 Å². The third kappa shape index (κ3) is 30.1. The lowest BCUT2D eigenvalue weighted by molar-refractivity contribution is -0.151. The van der Waals surface area contributed by atoms with E-state index in [0.29, 0.717) is 29.4 Å². The molecule has 0 fully saturated rings. The number of hydrogen-bond acceptors (Lipinski definition) is 6. The van der Waals surface area contributed by atoms with Crippen LogP contribution in [-0.4, -0.2) is 29.4 Å². The van der Waals surface area contributed by atoms with E-state index in [4.69, 9.17) is 14.7 Å². The Morgan fingerprint density at radius 3 is 2.10 bits per heavy atom. The molecule has 0 spiro atoms. The summed E-state index contributed by atoms with van der Waals surface area (Å²) in [7, 11) is 0. The summed E-state index contributed by atoms with van der Waals surface area (Å²) in [6.07, 6.45) is 11.6. The van der Waals surface area contributed by atoms with Crippen LogP contribution < -0.4 is 4.74 Å². The van der Waals surface area contributed by atoms with Crippen LogP contribution in [0.1, 0.15) is 153 Å². The van der Waals surface area contributed by atoms with Gasteiger partial charge in [-0.2, -0.15) is 5.26 Å². The van der Waals surface area contributed by atoms with E-state index in [1.165, 1.54) is 39.0 Å². The van der Waals surface area contributed by atoms with E-state index in [0.717, 1.165) is 30.8 Å². The number of aromatic nitrogens is 1. The van der Waals surface area contributed by atoms with Gasteiger partial charge in [0.25, 0.3) is 0 Å². The molecule has 0 aliphatic carbocycles. The lowest BCUT2D eigenvalue weighted by Crippen LogP contribution is -2.21. The fourth-order valence-electron chi connectivity index (χ4n) is 2.86. The van der Waals surface area contributed by atoms with Gasteiger partial charge in [0.05, 0.1) is 5.69 Å². The van der Waals surface area contributed by atoms with Gasteiger partial charge < -0.3 is 9.47 Å². The second-order valence-electron chi connectivity index (χ2n) is 10.3. The number of pyridine rings is 1. The fraction of sp³-hybridized carbons (Fsp3) is 0.714. The molecule has 1 rings (SSSR count). The van der Waals surface area contributed by atoms with E-state index in [9.17, 15) is 4.79 Å². The quantitative estimate of drug-likeness (QED) is 0.107. The van der Waals surface area contributed by atoms with E-state index in [1.54, 1.807) is 6.07 Å². The fourth-order valence-corrected chi connectivity index (χ4v) is 2.86. The Labute approximate surface area is 255 Å². The molecule has 1 aromatic heterocycles. The van der Waals surface area contributed by atoms with Gasteiger partial charge in [0.2, 0.25) is 0 Å². The number of nitrogens with zero attached hydrogens (tertiary/aromatic N) is 3. The molecule has 41 heavy (non-hydrogen) atoms. The number of carbonyl (C=O) groups excluding carboxylic acids is 1. The highest BCUT2D eigenvalue weighted by Gasteiger charge is 2.12. The number of unbranched alkanes of at least 4 members (excludes halogenated alkanes) is 3. The monoisotopic (exact) mass is 576 g/mol. The van der Waals surface area contributed by atoms with Crippen molar-refractivity contribution in [2.75, 3.05) is 6.61 Å². The minimum Gasteiger partial charge on any atom is -0.487 e. The van der Waals surface area contributed by atoms with E-state index in [2.05, 4.69) is 50.3 Å². The first kappa shape index (κ1) is 45.3. The molecule has 0 aliphatic rings. The smallest absolute Gasteiger partial charge is 0.303 e. The molecule has 0 radical (unpaired) electrons. The Morgan fingerprint density at radius 1 is 1.12 bits per heavy atom. The maximum atomic E-state index is 10.2. The molecule has 0 amide bonds. The zero-order chi connectivity index (χ0) is 32.9. The van der Waals surface area contributed by atoms with Crippen molar-refractivity contribution in [3.8, 4) is 11.8 Å². The molecule has 238 valence electrons. The number of aliphatic imine (C=N–C) groups is 1. The normalized spacial score (nSPS) is 10.6. The Kier molecular flexibility index (Phi) is 33.5. The summed E-state index contributed by atoms with van der Waals surface area (Å²) in [5.41, 5.74) is 2.27. The van der Waals surface area contributed by atoms with Crippen molar-refractivity contribution >= 4 is 17.9 Å². The Bertz CT molecular complexity index is 849. The van der Waals surface area contributed by atoms with E-state index < -0.39 is 0 Å². The number of aryl methyl sites for hydroxylation is 1. The van der Waals surface area contributed by atoms with Gasteiger partial charge >= 0.3 is 5.97 Å². The summed E-state index contributed by atoms with van der Waals surface area (Å²) in [5, 5.41) is 9.11. The molecular weight excluding hydrogens is 510 g/mol. The molecule has 0 bridgehead atoms. The van der Waals surface area contributed by atoms with Gasteiger partial charge in [0.1, 0.15) is 29.7 Å². The minimum atomic E-state index is -0.328. The highest BCUT2D eigenvalue weighted by atomic mass is 16.6. The molecule has 1 unspecified atom stereocenters. The molecule has 0 saturated heterocycles. The van der Waals surface area contributed by atoms with Gasteiger partial charge in [-0.15, -0.1) is 0 Å². The van der Waals surface area contributed by atoms with Crippen molar-refractivity contribution in [1.82, 2.24) is 4.98 Å². The molecule has 0 aliphatic heterocycles. The number of hydrogen-bond donors (Lipinski definition) is 0. The Balaban J connectivity index is -0.000000271. The van der Waals surface area contributed by atoms with Gasteiger partial charge in [-0.05, 0) is 52.0 Å². The van der Waals surface area contributed by atoms with Gasteiger partial charge in [-0.3, -0.25) is 9.79 Å². The second kappa shape index (κ2) is 30.3. The number of esters is 1. The van der Waals surface area contributed by atoms with Crippen LogP contribution in [0.15, 0.2) is 23.2 Å². The zero-order valence-electron chi connectivity index (χ0n) is 29.4. The van der Waals surface area contributed by atoms with E-state index >= 15 is 0 Å². The van der Waals surface area contributed by atoms with Crippen LogP contribution in [-0.2, 0) is 9.53 Å². The summed E-state index contributed by atoms with van der Waals surface area (Å²) < 4.78 is 10.5. The molecule has 1 heterocycles. The third-order valence-corrected chi connectivity index (χ3v) is 5.28. The molecule has 0 N–H and O–H groups in total. The largest absolute Gasteiger partial charge is 0.487 e. The summed E-state index contributed by atoms with van der Waals surface area (Å²) >= 11 is 0. The first-order chi connectivity index (χ1) is 19.3. The van der Waals surface area contributed by atoms with Crippen molar-refractivity contribution in [2.24, 2.45) is 10.9 Å². The molecular formula is C35H65N3O3. The number of ether oxygens (including phenoxy) is 2. The summed E-state index contributed by atoms with van der Waals surface area (Å²) in [4.78, 5) is 18.8. The number of nitriles is 1. The molecule has 0 aromatic carbocycles. The average molecular weight is 576 g/mol. The second-order valence-corrected chi connectivity index (χ2v) is 10.3. The molecule has 6 nitrogen and oxygen atoms in total. The van der Waals surface area contributed by atoms with Crippen LogP contribution in [0.25, 0.3) is 0 Å².